The van der Waals surface area contributed by atoms with Gasteiger partial charge in [-0.2, -0.15) is 0 Å². The number of hydrazine groups is 1. The molecule has 156 valence electrons. The number of ketones is 1. The molecule has 7 heteroatoms. The first-order chi connectivity index (χ1) is 14.2. The molecule has 0 unspecified atom stereocenters. The Kier molecular flexibility index (Phi) is 6.30. The summed E-state index contributed by atoms with van der Waals surface area (Å²) in [5.41, 5.74) is 5.35. The quantitative estimate of drug-likeness (QED) is 0.586. The predicted octanol–water partition coefficient (Wildman–Crippen LogP) is 2.61. The molecule has 1 saturated heterocycles. The van der Waals surface area contributed by atoms with Crippen LogP contribution in [0, 0.1) is 19.8 Å². The van der Waals surface area contributed by atoms with E-state index in [1.54, 1.807) is 30.3 Å². The van der Waals surface area contributed by atoms with Crippen molar-refractivity contribution in [2.24, 2.45) is 5.92 Å². The SMILES string of the molecule is Cc1ccc(C(=O)[C@@H](C)OC(=O)[C@@H]2CC(=O)N(NC(=O)c3cccc(C)c3)C2)cc1. The lowest BCUT2D eigenvalue weighted by Crippen LogP contribution is -2.43. The fraction of sp³-hybridized carbons (Fsp3) is 0.304. The Morgan fingerprint density at radius 3 is 2.40 bits per heavy atom. The number of aryl methyl sites for hydroxylation is 2. The molecule has 1 heterocycles. The minimum absolute atomic E-state index is 0.000659. The molecule has 0 saturated carbocycles. The minimum atomic E-state index is -0.966. The molecule has 3 rings (SSSR count). The number of nitrogens with zero attached hydrogens (tertiary/aromatic N) is 1. The van der Waals surface area contributed by atoms with Gasteiger partial charge >= 0.3 is 5.97 Å². The van der Waals surface area contributed by atoms with Crippen molar-refractivity contribution in [2.75, 3.05) is 6.54 Å². The lowest BCUT2D eigenvalue weighted by atomic mass is 10.1. The number of rotatable bonds is 6. The van der Waals surface area contributed by atoms with Crippen LogP contribution < -0.4 is 5.43 Å². The Labute approximate surface area is 175 Å². The van der Waals surface area contributed by atoms with E-state index in [0.29, 0.717) is 11.1 Å². The van der Waals surface area contributed by atoms with Gasteiger partial charge in [0, 0.05) is 17.5 Å². The van der Waals surface area contributed by atoms with Crippen LogP contribution in [0.25, 0.3) is 0 Å². The first kappa shape index (κ1) is 21.2. The molecule has 1 aliphatic heterocycles. The van der Waals surface area contributed by atoms with Gasteiger partial charge in [-0.25, -0.2) is 0 Å². The average Bonchev–Trinajstić information content (AvgIpc) is 3.08. The molecule has 2 atom stereocenters. The highest BCUT2D eigenvalue weighted by molar-refractivity contribution is 6.00. The fourth-order valence-corrected chi connectivity index (χ4v) is 3.22. The lowest BCUT2D eigenvalue weighted by molar-refractivity contribution is -0.151. The van der Waals surface area contributed by atoms with E-state index in [2.05, 4.69) is 5.43 Å². The highest BCUT2D eigenvalue weighted by Crippen LogP contribution is 2.19. The zero-order valence-electron chi connectivity index (χ0n) is 17.2. The van der Waals surface area contributed by atoms with Crippen molar-refractivity contribution in [3.05, 3.63) is 70.8 Å². The van der Waals surface area contributed by atoms with E-state index >= 15 is 0 Å². The molecule has 7 nitrogen and oxygen atoms in total. The van der Waals surface area contributed by atoms with Gasteiger partial charge in [-0.1, -0.05) is 47.5 Å². The summed E-state index contributed by atoms with van der Waals surface area (Å²) in [6, 6.07) is 14.0. The van der Waals surface area contributed by atoms with Crippen molar-refractivity contribution < 1.29 is 23.9 Å². The number of Topliss-reactive ketones (excluding diaryl/α,β-unsaturated/α-hetero) is 1. The van der Waals surface area contributed by atoms with Crippen LogP contribution in [0.1, 0.15) is 45.2 Å². The Hall–Kier alpha value is -3.48. The summed E-state index contributed by atoms with van der Waals surface area (Å²) in [6.45, 7) is 5.29. The van der Waals surface area contributed by atoms with Crippen molar-refractivity contribution in [3.63, 3.8) is 0 Å². The van der Waals surface area contributed by atoms with Crippen molar-refractivity contribution in [3.8, 4) is 0 Å². The number of carbonyl (C=O) groups excluding carboxylic acids is 4. The Balaban J connectivity index is 1.57. The molecule has 0 aliphatic carbocycles. The topological polar surface area (TPSA) is 92.8 Å². The number of ether oxygens (including phenoxy) is 1. The Morgan fingerprint density at radius 2 is 1.73 bits per heavy atom. The summed E-state index contributed by atoms with van der Waals surface area (Å²) in [7, 11) is 0. The van der Waals surface area contributed by atoms with Gasteiger partial charge in [-0.3, -0.25) is 29.6 Å². The average molecular weight is 408 g/mol. The van der Waals surface area contributed by atoms with Crippen LogP contribution in [0.3, 0.4) is 0 Å². The van der Waals surface area contributed by atoms with Gasteiger partial charge < -0.3 is 4.74 Å². The van der Waals surface area contributed by atoms with Crippen molar-refractivity contribution in [2.45, 2.75) is 33.3 Å². The largest absolute Gasteiger partial charge is 0.454 e. The summed E-state index contributed by atoms with van der Waals surface area (Å²) >= 11 is 0. The van der Waals surface area contributed by atoms with Gasteiger partial charge in [0.15, 0.2) is 6.10 Å². The maximum absolute atomic E-state index is 12.5. The number of hydrogen-bond acceptors (Lipinski definition) is 5. The summed E-state index contributed by atoms with van der Waals surface area (Å²) in [5, 5.41) is 1.13. The zero-order valence-corrected chi connectivity index (χ0v) is 17.2. The second kappa shape index (κ2) is 8.90. The van der Waals surface area contributed by atoms with Gasteiger partial charge in [0.1, 0.15) is 0 Å². The van der Waals surface area contributed by atoms with E-state index in [1.165, 1.54) is 6.92 Å². The number of carbonyl (C=O) groups is 4. The van der Waals surface area contributed by atoms with Gasteiger partial charge in [0.05, 0.1) is 12.5 Å². The summed E-state index contributed by atoms with van der Waals surface area (Å²) in [5.74, 6) is -2.50. The fourth-order valence-electron chi connectivity index (χ4n) is 3.22. The van der Waals surface area contributed by atoms with Crippen LogP contribution in [0.15, 0.2) is 48.5 Å². The number of nitrogens with one attached hydrogen (secondary N) is 1. The molecular formula is C23H24N2O5. The van der Waals surface area contributed by atoms with Gasteiger partial charge in [0.25, 0.3) is 5.91 Å². The molecule has 0 spiro atoms. The molecule has 0 bridgehead atoms. The van der Waals surface area contributed by atoms with Crippen LogP contribution in [-0.2, 0) is 14.3 Å². The van der Waals surface area contributed by atoms with E-state index in [1.807, 2.05) is 32.0 Å². The monoisotopic (exact) mass is 408 g/mol. The van der Waals surface area contributed by atoms with E-state index in [4.69, 9.17) is 4.74 Å². The number of benzene rings is 2. The number of hydrogen-bond donors (Lipinski definition) is 1. The Morgan fingerprint density at radius 1 is 1.03 bits per heavy atom. The van der Waals surface area contributed by atoms with E-state index in [0.717, 1.165) is 16.1 Å². The van der Waals surface area contributed by atoms with Crippen LogP contribution in [-0.4, -0.2) is 41.2 Å². The molecular weight excluding hydrogens is 384 g/mol. The smallest absolute Gasteiger partial charge is 0.312 e. The summed E-state index contributed by atoms with van der Waals surface area (Å²) < 4.78 is 5.30. The van der Waals surface area contributed by atoms with E-state index in [-0.39, 0.29) is 24.7 Å². The standard InChI is InChI=1S/C23H24N2O5/c1-14-7-9-17(10-8-14)21(27)16(3)30-23(29)19-12-20(26)25(13-19)24-22(28)18-6-4-5-15(2)11-18/h4-11,16,19H,12-13H2,1-3H3,(H,24,28)/t16-,19-/m1/s1. The molecule has 0 radical (unpaired) electrons. The molecule has 2 amide bonds. The van der Waals surface area contributed by atoms with Crippen molar-refractivity contribution >= 4 is 23.6 Å². The Bertz CT molecular complexity index is 983. The zero-order chi connectivity index (χ0) is 21.8. The maximum atomic E-state index is 12.5. The third kappa shape index (κ3) is 4.92. The van der Waals surface area contributed by atoms with Crippen LogP contribution in [0.5, 0.6) is 0 Å². The van der Waals surface area contributed by atoms with Gasteiger partial charge in [-0.05, 0) is 32.9 Å². The number of amides is 2. The molecule has 2 aromatic rings. The summed E-state index contributed by atoms with van der Waals surface area (Å²) in [4.78, 5) is 49.5. The first-order valence-electron chi connectivity index (χ1n) is 9.74. The molecule has 0 aromatic heterocycles. The van der Waals surface area contributed by atoms with Crippen LogP contribution in [0.4, 0.5) is 0 Å². The lowest BCUT2D eigenvalue weighted by Gasteiger charge is -2.18. The highest BCUT2D eigenvalue weighted by Gasteiger charge is 2.37. The number of esters is 1. The van der Waals surface area contributed by atoms with Gasteiger partial charge in [-0.15, -0.1) is 0 Å². The molecule has 30 heavy (non-hydrogen) atoms. The van der Waals surface area contributed by atoms with E-state index < -0.39 is 23.9 Å². The highest BCUT2D eigenvalue weighted by atomic mass is 16.5. The molecule has 1 aliphatic rings. The molecule has 1 fully saturated rings. The third-order valence-electron chi connectivity index (χ3n) is 4.97. The summed E-state index contributed by atoms with van der Waals surface area (Å²) in [6.07, 6.45) is -1.05. The van der Waals surface area contributed by atoms with Crippen LogP contribution >= 0.6 is 0 Å². The first-order valence-corrected chi connectivity index (χ1v) is 9.74. The van der Waals surface area contributed by atoms with Crippen molar-refractivity contribution in [1.82, 2.24) is 10.4 Å². The van der Waals surface area contributed by atoms with Gasteiger partial charge in [0.2, 0.25) is 11.7 Å². The minimum Gasteiger partial charge on any atom is -0.454 e. The second-order valence-corrected chi connectivity index (χ2v) is 7.53. The molecule has 2 aromatic carbocycles. The normalized spacial score (nSPS) is 16.8. The third-order valence-corrected chi connectivity index (χ3v) is 4.97. The molecule has 1 N–H and O–H groups in total. The predicted molar refractivity (Wildman–Crippen MR) is 110 cm³/mol. The maximum Gasteiger partial charge on any atom is 0.312 e. The van der Waals surface area contributed by atoms with Crippen molar-refractivity contribution in [1.29, 1.82) is 0 Å². The van der Waals surface area contributed by atoms with E-state index in [9.17, 15) is 19.2 Å². The van der Waals surface area contributed by atoms with Crippen LogP contribution in [0.2, 0.25) is 0 Å². The second-order valence-electron chi connectivity index (χ2n) is 7.53.